The van der Waals surface area contributed by atoms with Gasteiger partial charge in [-0.3, -0.25) is 0 Å². The van der Waals surface area contributed by atoms with Crippen LogP contribution >= 0.6 is 11.3 Å². The molecule has 0 aliphatic heterocycles. The molecule has 0 aliphatic rings. The van der Waals surface area contributed by atoms with Crippen molar-refractivity contribution in [1.29, 1.82) is 0 Å². The Morgan fingerprint density at radius 3 is 3.00 bits per heavy atom. The summed E-state index contributed by atoms with van der Waals surface area (Å²) in [6, 6.07) is 4.10. The van der Waals surface area contributed by atoms with Crippen LogP contribution in [0.2, 0.25) is 0 Å². The number of rotatable bonds is 3. The van der Waals surface area contributed by atoms with E-state index >= 15 is 0 Å². The summed E-state index contributed by atoms with van der Waals surface area (Å²) in [6.07, 6.45) is 1.74. The van der Waals surface area contributed by atoms with E-state index in [4.69, 9.17) is 4.84 Å². The van der Waals surface area contributed by atoms with Gasteiger partial charge in [-0.25, -0.2) is 0 Å². The highest BCUT2D eigenvalue weighted by molar-refractivity contribution is 7.13. The molecular formula is C8H11NOS. The molecule has 0 saturated carbocycles. The molecule has 1 aromatic rings. The largest absolute Gasteiger partial charge is 0.396 e. The third kappa shape index (κ3) is 2.72. The van der Waals surface area contributed by atoms with Gasteiger partial charge in [0.1, 0.15) is 6.61 Å². The Morgan fingerprint density at radius 1 is 1.64 bits per heavy atom. The molecule has 0 saturated heterocycles. The van der Waals surface area contributed by atoms with Crippen LogP contribution in [-0.4, -0.2) is 12.8 Å². The summed E-state index contributed by atoms with van der Waals surface area (Å²) in [7, 11) is 0. The maximum atomic E-state index is 4.82. The molecule has 0 radical (unpaired) electrons. The van der Waals surface area contributed by atoms with Gasteiger partial charge in [-0.05, 0) is 26.0 Å². The van der Waals surface area contributed by atoms with Crippen molar-refractivity contribution in [3.63, 3.8) is 0 Å². The molecule has 0 amide bonds. The van der Waals surface area contributed by atoms with Gasteiger partial charge in [0.2, 0.25) is 0 Å². The standard InChI is InChI=1S/C8H11NOS/c1-3-10-9-6-8-5-4-7(2)11-8/h4-6H,3H2,1-2H3/b9-6+. The van der Waals surface area contributed by atoms with E-state index in [0.717, 1.165) is 4.88 Å². The second kappa shape index (κ2) is 4.13. The molecular weight excluding hydrogens is 158 g/mol. The van der Waals surface area contributed by atoms with Gasteiger partial charge in [0.15, 0.2) is 0 Å². The molecule has 0 N–H and O–H groups in total. The highest BCUT2D eigenvalue weighted by Crippen LogP contribution is 2.12. The second-order valence-corrected chi connectivity index (χ2v) is 3.42. The Labute approximate surface area is 70.5 Å². The summed E-state index contributed by atoms with van der Waals surface area (Å²) < 4.78 is 0. The summed E-state index contributed by atoms with van der Waals surface area (Å²) >= 11 is 1.71. The highest BCUT2D eigenvalue weighted by Gasteiger charge is 1.90. The van der Waals surface area contributed by atoms with E-state index in [0.29, 0.717) is 6.61 Å². The van der Waals surface area contributed by atoms with E-state index in [-0.39, 0.29) is 0 Å². The number of oxime groups is 1. The van der Waals surface area contributed by atoms with Crippen molar-refractivity contribution in [3.8, 4) is 0 Å². The maximum absolute atomic E-state index is 4.82. The minimum Gasteiger partial charge on any atom is -0.396 e. The van der Waals surface area contributed by atoms with Gasteiger partial charge in [0.05, 0.1) is 6.21 Å². The number of hydrogen-bond acceptors (Lipinski definition) is 3. The van der Waals surface area contributed by atoms with Crippen LogP contribution in [0.25, 0.3) is 0 Å². The number of hydrogen-bond donors (Lipinski definition) is 0. The summed E-state index contributed by atoms with van der Waals surface area (Å²) in [5.74, 6) is 0. The highest BCUT2D eigenvalue weighted by atomic mass is 32.1. The monoisotopic (exact) mass is 169 g/mol. The van der Waals surface area contributed by atoms with Crippen LogP contribution in [0, 0.1) is 6.92 Å². The van der Waals surface area contributed by atoms with Gasteiger partial charge in [0.25, 0.3) is 0 Å². The molecule has 0 atom stereocenters. The van der Waals surface area contributed by atoms with Crippen LogP contribution in [-0.2, 0) is 4.84 Å². The van der Waals surface area contributed by atoms with Gasteiger partial charge in [-0.2, -0.15) is 0 Å². The topological polar surface area (TPSA) is 21.6 Å². The zero-order valence-corrected chi connectivity index (χ0v) is 7.52. The Morgan fingerprint density at radius 2 is 2.45 bits per heavy atom. The lowest BCUT2D eigenvalue weighted by molar-refractivity contribution is 0.160. The van der Waals surface area contributed by atoms with Crippen molar-refractivity contribution >= 4 is 17.6 Å². The predicted molar refractivity (Wildman–Crippen MR) is 48.3 cm³/mol. The zero-order valence-electron chi connectivity index (χ0n) is 6.70. The summed E-state index contributed by atoms with van der Waals surface area (Å²) in [5, 5.41) is 3.76. The molecule has 60 valence electrons. The van der Waals surface area contributed by atoms with E-state index in [9.17, 15) is 0 Å². The van der Waals surface area contributed by atoms with Crippen LogP contribution in [0.1, 0.15) is 16.7 Å². The minimum absolute atomic E-state index is 0.626. The number of thiophene rings is 1. The third-order valence-electron chi connectivity index (χ3n) is 1.14. The first-order chi connectivity index (χ1) is 5.33. The van der Waals surface area contributed by atoms with Crippen molar-refractivity contribution < 1.29 is 4.84 Å². The Hall–Kier alpha value is -0.830. The molecule has 0 aliphatic carbocycles. The Bertz CT molecular complexity index is 242. The van der Waals surface area contributed by atoms with E-state index in [1.165, 1.54) is 4.88 Å². The van der Waals surface area contributed by atoms with Gasteiger partial charge >= 0.3 is 0 Å². The van der Waals surface area contributed by atoms with Crippen LogP contribution in [0.5, 0.6) is 0 Å². The average Bonchev–Trinajstić information content (AvgIpc) is 2.37. The normalized spacial score (nSPS) is 10.7. The molecule has 2 nitrogen and oxygen atoms in total. The summed E-state index contributed by atoms with van der Waals surface area (Å²) in [5.41, 5.74) is 0. The van der Waals surface area contributed by atoms with E-state index in [2.05, 4.69) is 18.1 Å². The molecule has 11 heavy (non-hydrogen) atoms. The Balaban J connectivity index is 2.50. The van der Waals surface area contributed by atoms with Gasteiger partial charge in [-0.15, -0.1) is 11.3 Å². The van der Waals surface area contributed by atoms with Crippen molar-refractivity contribution in [2.75, 3.05) is 6.61 Å². The lowest BCUT2D eigenvalue weighted by atomic mass is 10.4. The third-order valence-corrected chi connectivity index (χ3v) is 2.08. The fraction of sp³-hybridized carbons (Fsp3) is 0.375. The first-order valence-electron chi connectivity index (χ1n) is 3.54. The van der Waals surface area contributed by atoms with Gasteiger partial charge in [0, 0.05) is 9.75 Å². The molecule has 0 spiro atoms. The van der Waals surface area contributed by atoms with Crippen LogP contribution in [0.4, 0.5) is 0 Å². The second-order valence-electron chi connectivity index (χ2n) is 2.10. The summed E-state index contributed by atoms with van der Waals surface area (Å²) in [6.45, 7) is 4.61. The molecule has 0 fully saturated rings. The lowest BCUT2D eigenvalue weighted by Gasteiger charge is -1.87. The zero-order chi connectivity index (χ0) is 8.10. The first kappa shape index (κ1) is 8.27. The smallest absolute Gasteiger partial charge is 0.114 e. The van der Waals surface area contributed by atoms with Crippen LogP contribution in [0.3, 0.4) is 0 Å². The number of aryl methyl sites for hydroxylation is 1. The fourth-order valence-corrected chi connectivity index (χ4v) is 1.43. The van der Waals surface area contributed by atoms with Crippen molar-refractivity contribution in [2.24, 2.45) is 5.16 Å². The number of nitrogens with zero attached hydrogens (tertiary/aromatic N) is 1. The van der Waals surface area contributed by atoms with Crippen molar-refractivity contribution in [1.82, 2.24) is 0 Å². The van der Waals surface area contributed by atoms with Crippen LogP contribution in [0.15, 0.2) is 17.3 Å². The molecule has 3 heteroatoms. The molecule has 0 bridgehead atoms. The van der Waals surface area contributed by atoms with E-state index in [1.807, 2.05) is 13.0 Å². The van der Waals surface area contributed by atoms with E-state index < -0.39 is 0 Å². The molecule has 0 aromatic carbocycles. The van der Waals surface area contributed by atoms with Gasteiger partial charge < -0.3 is 4.84 Å². The molecule has 1 rings (SSSR count). The predicted octanol–water partition coefficient (Wildman–Crippen LogP) is 2.43. The SMILES string of the molecule is CCO/N=C/c1ccc(C)s1. The fourth-order valence-electron chi connectivity index (χ4n) is 0.687. The minimum atomic E-state index is 0.626. The average molecular weight is 169 g/mol. The summed E-state index contributed by atoms with van der Waals surface area (Å²) in [4.78, 5) is 7.25. The lowest BCUT2D eigenvalue weighted by Crippen LogP contribution is -1.79. The maximum Gasteiger partial charge on any atom is 0.114 e. The quantitative estimate of drug-likeness (QED) is 0.503. The van der Waals surface area contributed by atoms with Gasteiger partial charge in [-0.1, -0.05) is 5.16 Å². The molecule has 1 heterocycles. The molecule has 1 aromatic heterocycles. The Kier molecular flexibility index (Phi) is 3.11. The van der Waals surface area contributed by atoms with Crippen molar-refractivity contribution in [3.05, 3.63) is 21.9 Å². The first-order valence-corrected chi connectivity index (χ1v) is 4.36. The van der Waals surface area contributed by atoms with Crippen LogP contribution < -0.4 is 0 Å². The molecule has 0 unspecified atom stereocenters. The van der Waals surface area contributed by atoms with E-state index in [1.54, 1.807) is 17.6 Å². The van der Waals surface area contributed by atoms with Crippen molar-refractivity contribution in [2.45, 2.75) is 13.8 Å².